The van der Waals surface area contributed by atoms with Gasteiger partial charge in [0, 0.05) is 43.3 Å². The van der Waals surface area contributed by atoms with Gasteiger partial charge >= 0.3 is 0 Å². The van der Waals surface area contributed by atoms with Crippen molar-refractivity contribution in [2.45, 2.75) is 53.1 Å². The zero-order valence-corrected chi connectivity index (χ0v) is 21.0. The molecule has 4 rings (SSSR count). The molecule has 0 saturated carbocycles. The number of hydrogen-bond acceptors (Lipinski definition) is 3. The number of rotatable bonds is 7. The maximum atomic E-state index is 13.7. The minimum Gasteiger partial charge on any atom is -0.338 e. The van der Waals surface area contributed by atoms with Crippen molar-refractivity contribution < 1.29 is 9.36 Å². The van der Waals surface area contributed by atoms with Gasteiger partial charge in [0.1, 0.15) is 5.56 Å². The summed E-state index contributed by atoms with van der Waals surface area (Å²) in [6.45, 7) is 10.4. The summed E-state index contributed by atoms with van der Waals surface area (Å²) in [5.41, 5.74) is 5.98. The summed E-state index contributed by atoms with van der Waals surface area (Å²) in [5.74, 6) is 0.302. The predicted octanol–water partition coefficient (Wildman–Crippen LogP) is 3.92. The van der Waals surface area contributed by atoms with Gasteiger partial charge in [-0.15, -0.1) is 0 Å². The lowest BCUT2D eigenvalue weighted by Crippen LogP contribution is -2.50. The molecule has 5 nitrogen and oxygen atoms in total. The number of carbonyl (C=O) groups is 1. The lowest BCUT2D eigenvalue weighted by atomic mass is 9.74. The van der Waals surface area contributed by atoms with Crippen LogP contribution in [0.15, 0.2) is 24.3 Å². The molecule has 2 heterocycles. The number of pyridine rings is 1. The lowest BCUT2D eigenvalue weighted by molar-refractivity contribution is -0.709. The number of benzene rings is 1. The molecule has 172 valence electrons. The number of Topliss-reactive ketones (excluding diaryl/α,β-unsaturated/α-hetero) is 1. The molecule has 0 spiro atoms. The average Bonchev–Trinajstić information content (AvgIpc) is 3.02. The number of para-hydroxylation sites is 1. The number of hydrogen-bond donors (Lipinski definition) is 0. The largest absolute Gasteiger partial charge is 0.338 e. The Labute approximate surface area is 192 Å². The molecule has 0 amide bonds. The highest BCUT2D eigenvalue weighted by atomic mass is 16.1. The van der Waals surface area contributed by atoms with Gasteiger partial charge < -0.3 is 14.4 Å². The van der Waals surface area contributed by atoms with E-state index in [1.54, 1.807) is 0 Å². The Kier molecular flexibility index (Phi) is 6.17. The summed E-state index contributed by atoms with van der Waals surface area (Å²) >= 11 is 0. The summed E-state index contributed by atoms with van der Waals surface area (Å²) < 4.78 is 4.92. The van der Waals surface area contributed by atoms with Crippen LogP contribution in [0.4, 0.5) is 0 Å². The van der Waals surface area contributed by atoms with Crippen LogP contribution in [-0.4, -0.2) is 61.4 Å². The number of aromatic nitrogens is 2. The summed E-state index contributed by atoms with van der Waals surface area (Å²) in [4.78, 5) is 18.2. The van der Waals surface area contributed by atoms with Crippen molar-refractivity contribution >= 4 is 27.6 Å². The molecule has 0 fully saturated rings. The van der Waals surface area contributed by atoms with E-state index < -0.39 is 0 Å². The fourth-order valence-corrected chi connectivity index (χ4v) is 5.41. The molecular formula is C27H39N4O+. The highest BCUT2D eigenvalue weighted by Gasteiger charge is 2.41. The molecule has 5 heteroatoms. The number of likely N-dealkylation sites (N-methyl/N-ethyl adjacent to an activating group) is 2. The highest BCUT2D eigenvalue weighted by molar-refractivity contribution is 6.17. The highest BCUT2D eigenvalue weighted by Crippen LogP contribution is 2.40. The smallest absolute Gasteiger partial charge is 0.195 e. The van der Waals surface area contributed by atoms with E-state index in [4.69, 9.17) is 0 Å². The number of aryl methyl sites for hydroxylation is 1. The number of ketones is 1. The van der Waals surface area contributed by atoms with Crippen LogP contribution >= 0.6 is 0 Å². The molecule has 0 N–H and O–H groups in total. The predicted molar refractivity (Wildman–Crippen MR) is 133 cm³/mol. The van der Waals surface area contributed by atoms with Crippen LogP contribution in [0.25, 0.3) is 21.8 Å². The maximum absolute atomic E-state index is 13.7. The van der Waals surface area contributed by atoms with Crippen molar-refractivity contribution in [1.29, 1.82) is 0 Å². The van der Waals surface area contributed by atoms with Crippen molar-refractivity contribution in [2.75, 3.05) is 41.3 Å². The van der Waals surface area contributed by atoms with E-state index in [2.05, 4.69) is 92.2 Å². The molecule has 0 bridgehead atoms. The van der Waals surface area contributed by atoms with E-state index in [1.807, 2.05) is 0 Å². The zero-order valence-electron chi connectivity index (χ0n) is 21.0. The Morgan fingerprint density at radius 2 is 1.72 bits per heavy atom. The van der Waals surface area contributed by atoms with E-state index >= 15 is 0 Å². The molecule has 1 aliphatic rings. The molecule has 0 radical (unpaired) electrons. The zero-order chi connectivity index (χ0) is 23.2. The first-order valence-corrected chi connectivity index (χ1v) is 12.0. The molecular weight excluding hydrogens is 396 g/mol. The fraction of sp³-hybridized carbons (Fsp3) is 0.556. The molecule has 1 aliphatic carbocycles. The van der Waals surface area contributed by atoms with Crippen LogP contribution in [0.2, 0.25) is 0 Å². The van der Waals surface area contributed by atoms with Crippen molar-refractivity contribution in [3.05, 3.63) is 41.2 Å². The quantitative estimate of drug-likeness (QED) is 0.527. The normalized spacial score (nSPS) is 16.0. The van der Waals surface area contributed by atoms with Gasteiger partial charge in [0.15, 0.2) is 23.7 Å². The SMILES string of the molecule is CCc1c2c3ccccc3n(CCN(C)C)c2c2c([n+]1CCN(C)C)CC(C)(C)CC2=O. The van der Waals surface area contributed by atoms with E-state index in [1.165, 1.54) is 33.2 Å². The fourth-order valence-electron chi connectivity index (χ4n) is 5.41. The van der Waals surface area contributed by atoms with Crippen LogP contribution in [0.1, 0.15) is 48.9 Å². The Morgan fingerprint density at radius 1 is 1.03 bits per heavy atom. The molecule has 2 aromatic heterocycles. The average molecular weight is 436 g/mol. The topological polar surface area (TPSA) is 32.4 Å². The Morgan fingerprint density at radius 3 is 2.38 bits per heavy atom. The maximum Gasteiger partial charge on any atom is 0.195 e. The van der Waals surface area contributed by atoms with E-state index in [0.29, 0.717) is 12.2 Å². The third-order valence-corrected chi connectivity index (χ3v) is 6.88. The van der Waals surface area contributed by atoms with Crippen molar-refractivity contribution in [2.24, 2.45) is 5.41 Å². The number of fused-ring (bicyclic) bond motifs is 5. The van der Waals surface area contributed by atoms with Crippen LogP contribution in [-0.2, 0) is 25.9 Å². The van der Waals surface area contributed by atoms with Crippen molar-refractivity contribution in [3.8, 4) is 0 Å². The van der Waals surface area contributed by atoms with Crippen LogP contribution in [0, 0.1) is 5.41 Å². The molecule has 0 saturated heterocycles. The van der Waals surface area contributed by atoms with E-state index in [0.717, 1.165) is 44.6 Å². The minimum atomic E-state index is -0.0108. The summed E-state index contributed by atoms with van der Waals surface area (Å²) in [6.07, 6.45) is 2.51. The van der Waals surface area contributed by atoms with E-state index in [9.17, 15) is 4.79 Å². The number of carbonyl (C=O) groups excluding carboxylic acids is 1. The van der Waals surface area contributed by atoms with Gasteiger partial charge in [0.25, 0.3) is 0 Å². The van der Waals surface area contributed by atoms with Crippen LogP contribution in [0.5, 0.6) is 0 Å². The molecule has 3 aromatic rings. The summed E-state index contributed by atoms with van der Waals surface area (Å²) in [7, 11) is 8.48. The molecule has 0 unspecified atom stereocenters. The van der Waals surface area contributed by atoms with Gasteiger partial charge in [-0.3, -0.25) is 4.79 Å². The van der Waals surface area contributed by atoms with Gasteiger partial charge in [-0.1, -0.05) is 39.0 Å². The summed E-state index contributed by atoms with van der Waals surface area (Å²) in [6, 6.07) is 8.71. The van der Waals surface area contributed by atoms with E-state index in [-0.39, 0.29) is 5.41 Å². The Balaban J connectivity index is 2.14. The standard InChI is InChI=1S/C27H39N4O/c1-8-20-24-19-11-9-10-12-21(19)31(16-14-29(6)7)26(24)25-22(30(20)15-13-28(4)5)17-27(2,3)18-23(25)32/h9-12H,8,13-18H2,1-7H3/q+1. The number of nitrogens with zero attached hydrogens (tertiary/aromatic N) is 4. The Bertz CT molecular complexity index is 1170. The van der Waals surface area contributed by atoms with Gasteiger partial charge in [-0.2, -0.15) is 4.57 Å². The monoisotopic (exact) mass is 435 g/mol. The minimum absolute atomic E-state index is 0.0108. The molecule has 0 atom stereocenters. The first kappa shape index (κ1) is 22.9. The second kappa shape index (κ2) is 8.60. The molecule has 1 aromatic carbocycles. The molecule has 32 heavy (non-hydrogen) atoms. The van der Waals surface area contributed by atoms with Gasteiger partial charge in [-0.25, -0.2) is 0 Å². The first-order chi connectivity index (χ1) is 15.1. The molecule has 0 aliphatic heterocycles. The Hall–Kier alpha value is -2.24. The second-order valence-corrected chi connectivity index (χ2v) is 10.7. The second-order valence-electron chi connectivity index (χ2n) is 10.7. The lowest BCUT2D eigenvalue weighted by Gasteiger charge is -2.30. The first-order valence-electron chi connectivity index (χ1n) is 12.0. The van der Waals surface area contributed by atoms with Gasteiger partial charge in [0.05, 0.1) is 17.4 Å². The van der Waals surface area contributed by atoms with Crippen LogP contribution in [0.3, 0.4) is 0 Å². The van der Waals surface area contributed by atoms with Gasteiger partial charge in [-0.05, 0) is 39.7 Å². The summed E-state index contributed by atoms with van der Waals surface area (Å²) in [5, 5.41) is 2.56. The van der Waals surface area contributed by atoms with Crippen molar-refractivity contribution in [3.63, 3.8) is 0 Å². The van der Waals surface area contributed by atoms with Crippen molar-refractivity contribution in [1.82, 2.24) is 14.4 Å². The third-order valence-electron chi connectivity index (χ3n) is 6.88. The van der Waals surface area contributed by atoms with Crippen LogP contribution < -0.4 is 4.57 Å². The third kappa shape index (κ3) is 3.97. The van der Waals surface area contributed by atoms with Gasteiger partial charge in [0.2, 0.25) is 0 Å².